The van der Waals surface area contributed by atoms with E-state index in [0.717, 1.165) is 5.56 Å². The Kier molecular flexibility index (Phi) is 4.05. The molecule has 0 fully saturated rings. The van der Waals surface area contributed by atoms with E-state index in [1.165, 1.54) is 23.8 Å². The summed E-state index contributed by atoms with van der Waals surface area (Å²) in [7, 11) is 0. The molecule has 2 rings (SSSR count). The first-order valence-electron chi connectivity index (χ1n) is 6.49. The molecule has 20 heavy (non-hydrogen) atoms. The molecular formula is C17H16FNO. The summed E-state index contributed by atoms with van der Waals surface area (Å²) < 4.78 is 19.3. The molecule has 0 radical (unpaired) electrons. The lowest BCUT2D eigenvalue weighted by atomic mass is 9.98. The van der Waals surface area contributed by atoms with Gasteiger partial charge in [-0.05, 0) is 54.3 Å². The largest absolute Gasteiger partial charge is 0.454 e. The number of nitrogens with zero attached hydrogens (tertiary/aromatic N) is 1. The number of ether oxygens (including phenoxy) is 1. The predicted octanol–water partition coefficient (Wildman–Crippen LogP) is 4.92. The van der Waals surface area contributed by atoms with Crippen molar-refractivity contribution >= 4 is 0 Å². The average molecular weight is 269 g/mol. The van der Waals surface area contributed by atoms with Gasteiger partial charge in [-0.15, -0.1) is 0 Å². The number of aryl methyl sites for hydroxylation is 1. The van der Waals surface area contributed by atoms with Crippen LogP contribution in [0.3, 0.4) is 0 Å². The number of halogens is 1. The molecule has 0 aliphatic heterocycles. The van der Waals surface area contributed by atoms with Gasteiger partial charge in [-0.25, -0.2) is 4.39 Å². The van der Waals surface area contributed by atoms with Crippen LogP contribution in [-0.4, -0.2) is 0 Å². The van der Waals surface area contributed by atoms with Crippen LogP contribution in [0.25, 0.3) is 0 Å². The fourth-order valence-corrected chi connectivity index (χ4v) is 2.14. The summed E-state index contributed by atoms with van der Waals surface area (Å²) >= 11 is 0. The first-order valence-corrected chi connectivity index (χ1v) is 6.49. The fourth-order valence-electron chi connectivity index (χ4n) is 2.14. The van der Waals surface area contributed by atoms with Gasteiger partial charge in [-0.1, -0.05) is 19.9 Å². The van der Waals surface area contributed by atoms with Crippen LogP contribution >= 0.6 is 0 Å². The first kappa shape index (κ1) is 14.1. The highest BCUT2D eigenvalue weighted by Gasteiger charge is 2.08. The molecule has 0 saturated carbocycles. The Morgan fingerprint density at radius 1 is 1.15 bits per heavy atom. The van der Waals surface area contributed by atoms with E-state index in [1.807, 2.05) is 31.2 Å². The van der Waals surface area contributed by atoms with Crippen LogP contribution < -0.4 is 4.74 Å². The predicted molar refractivity (Wildman–Crippen MR) is 76.5 cm³/mol. The van der Waals surface area contributed by atoms with Gasteiger partial charge in [0, 0.05) is 0 Å². The maximum absolute atomic E-state index is 13.8. The van der Waals surface area contributed by atoms with Crippen molar-refractivity contribution in [1.29, 1.82) is 5.26 Å². The molecule has 0 amide bonds. The highest BCUT2D eigenvalue weighted by Crippen LogP contribution is 2.28. The standard InChI is InChI=1S/C17H16FNO/c1-11(2)15-6-5-14(8-12(15)3)20-17-7-4-13(10-19)9-16(17)18/h4-9,11H,1-3H3. The third-order valence-corrected chi connectivity index (χ3v) is 3.15. The van der Waals surface area contributed by atoms with E-state index in [2.05, 4.69) is 13.8 Å². The molecule has 0 unspecified atom stereocenters. The molecule has 0 saturated heterocycles. The number of hydrogen-bond acceptors (Lipinski definition) is 2. The van der Waals surface area contributed by atoms with E-state index in [4.69, 9.17) is 10.00 Å². The van der Waals surface area contributed by atoms with Crippen molar-refractivity contribution in [2.75, 3.05) is 0 Å². The third kappa shape index (κ3) is 2.97. The van der Waals surface area contributed by atoms with Crippen molar-refractivity contribution in [1.82, 2.24) is 0 Å². The number of hydrogen-bond donors (Lipinski definition) is 0. The van der Waals surface area contributed by atoms with Crippen molar-refractivity contribution in [2.45, 2.75) is 26.7 Å². The third-order valence-electron chi connectivity index (χ3n) is 3.15. The molecule has 0 aliphatic rings. The Hall–Kier alpha value is -2.34. The lowest BCUT2D eigenvalue weighted by Crippen LogP contribution is -1.94. The van der Waals surface area contributed by atoms with Gasteiger partial charge in [0.05, 0.1) is 11.6 Å². The topological polar surface area (TPSA) is 33.0 Å². The second kappa shape index (κ2) is 5.75. The maximum Gasteiger partial charge on any atom is 0.167 e. The minimum absolute atomic E-state index is 0.126. The van der Waals surface area contributed by atoms with Gasteiger partial charge >= 0.3 is 0 Å². The summed E-state index contributed by atoms with van der Waals surface area (Å²) in [6.07, 6.45) is 0. The van der Waals surface area contributed by atoms with E-state index < -0.39 is 5.82 Å². The summed E-state index contributed by atoms with van der Waals surface area (Å²) in [5.74, 6) is 0.626. The number of rotatable bonds is 3. The van der Waals surface area contributed by atoms with Gasteiger partial charge in [0.25, 0.3) is 0 Å². The molecule has 0 heterocycles. The molecular weight excluding hydrogens is 253 g/mol. The minimum atomic E-state index is -0.533. The maximum atomic E-state index is 13.8. The SMILES string of the molecule is Cc1cc(Oc2ccc(C#N)cc2F)ccc1C(C)C. The van der Waals surface area contributed by atoms with E-state index in [-0.39, 0.29) is 11.3 Å². The summed E-state index contributed by atoms with van der Waals surface area (Å²) in [4.78, 5) is 0. The van der Waals surface area contributed by atoms with Gasteiger partial charge in [0.15, 0.2) is 11.6 Å². The van der Waals surface area contributed by atoms with Crippen LogP contribution in [0.1, 0.15) is 36.5 Å². The fraction of sp³-hybridized carbons (Fsp3) is 0.235. The second-order valence-electron chi connectivity index (χ2n) is 5.03. The lowest BCUT2D eigenvalue weighted by Gasteiger charge is -2.12. The van der Waals surface area contributed by atoms with Crippen LogP contribution in [0.15, 0.2) is 36.4 Å². The molecule has 102 valence electrons. The summed E-state index contributed by atoms with van der Waals surface area (Å²) in [5, 5.41) is 8.70. The van der Waals surface area contributed by atoms with Crippen molar-refractivity contribution in [3.05, 3.63) is 58.9 Å². The van der Waals surface area contributed by atoms with Gasteiger partial charge in [-0.2, -0.15) is 5.26 Å². The van der Waals surface area contributed by atoms with Crippen LogP contribution in [0.4, 0.5) is 4.39 Å². The zero-order valence-electron chi connectivity index (χ0n) is 11.8. The summed E-state index contributed by atoms with van der Waals surface area (Å²) in [6.45, 7) is 6.27. The average Bonchev–Trinajstić information content (AvgIpc) is 2.40. The highest BCUT2D eigenvalue weighted by molar-refractivity contribution is 5.41. The molecule has 0 aromatic heterocycles. The van der Waals surface area contributed by atoms with Crippen LogP contribution in [0.5, 0.6) is 11.5 Å². The van der Waals surface area contributed by atoms with Crippen molar-refractivity contribution in [3.8, 4) is 17.6 Å². The molecule has 0 spiro atoms. The van der Waals surface area contributed by atoms with E-state index in [0.29, 0.717) is 11.7 Å². The molecule has 2 nitrogen and oxygen atoms in total. The van der Waals surface area contributed by atoms with Crippen LogP contribution in [0, 0.1) is 24.1 Å². The van der Waals surface area contributed by atoms with E-state index >= 15 is 0 Å². The van der Waals surface area contributed by atoms with Gasteiger partial charge in [0.2, 0.25) is 0 Å². The van der Waals surface area contributed by atoms with Gasteiger partial charge in [0.1, 0.15) is 5.75 Å². The second-order valence-corrected chi connectivity index (χ2v) is 5.03. The monoisotopic (exact) mass is 269 g/mol. The first-order chi connectivity index (χ1) is 9.51. The zero-order valence-corrected chi connectivity index (χ0v) is 11.8. The Labute approximate surface area is 118 Å². The highest BCUT2D eigenvalue weighted by atomic mass is 19.1. The zero-order chi connectivity index (χ0) is 14.7. The lowest BCUT2D eigenvalue weighted by molar-refractivity contribution is 0.441. The van der Waals surface area contributed by atoms with Gasteiger partial charge < -0.3 is 4.74 Å². The molecule has 0 atom stereocenters. The number of nitriles is 1. The normalized spacial score (nSPS) is 10.4. The Morgan fingerprint density at radius 3 is 2.45 bits per heavy atom. The van der Waals surface area contributed by atoms with E-state index in [9.17, 15) is 4.39 Å². The van der Waals surface area contributed by atoms with Crippen LogP contribution in [0.2, 0.25) is 0 Å². The van der Waals surface area contributed by atoms with Crippen molar-refractivity contribution in [2.24, 2.45) is 0 Å². The molecule has 2 aromatic carbocycles. The molecule has 0 aliphatic carbocycles. The molecule has 0 N–H and O–H groups in total. The smallest absolute Gasteiger partial charge is 0.167 e. The number of benzene rings is 2. The summed E-state index contributed by atoms with van der Waals surface area (Å²) in [6, 6.07) is 11.8. The van der Waals surface area contributed by atoms with Crippen molar-refractivity contribution in [3.63, 3.8) is 0 Å². The Morgan fingerprint density at radius 2 is 1.90 bits per heavy atom. The molecule has 2 aromatic rings. The molecule has 3 heteroatoms. The Bertz CT molecular complexity index is 671. The summed E-state index contributed by atoms with van der Waals surface area (Å²) in [5.41, 5.74) is 2.64. The van der Waals surface area contributed by atoms with E-state index in [1.54, 1.807) is 0 Å². The van der Waals surface area contributed by atoms with Gasteiger partial charge in [-0.3, -0.25) is 0 Å². The van der Waals surface area contributed by atoms with Crippen LogP contribution in [-0.2, 0) is 0 Å². The van der Waals surface area contributed by atoms with Crippen molar-refractivity contribution < 1.29 is 9.13 Å². The minimum Gasteiger partial charge on any atom is -0.454 e. The quantitative estimate of drug-likeness (QED) is 0.792. The Balaban J connectivity index is 2.27. The molecule has 0 bridgehead atoms.